The Morgan fingerprint density at radius 1 is 1.32 bits per heavy atom. The number of carbonyl (C=O) groups is 1. The molecule has 0 radical (unpaired) electrons. The normalized spacial score (nSPS) is 22.4. The number of nitrogens with one attached hydrogen (secondary N) is 1. The maximum absolute atomic E-state index is 12.7. The molecule has 0 saturated carbocycles. The average Bonchev–Trinajstić information content (AvgIpc) is 2.46. The van der Waals surface area contributed by atoms with E-state index in [2.05, 4.69) is 57.3 Å². The van der Waals surface area contributed by atoms with Crippen molar-refractivity contribution in [3.63, 3.8) is 0 Å². The summed E-state index contributed by atoms with van der Waals surface area (Å²) in [4.78, 5) is 14.6. The Morgan fingerprint density at radius 2 is 1.95 bits per heavy atom. The minimum absolute atomic E-state index is 0.0311. The minimum Gasteiger partial charge on any atom is -0.345 e. The number of amides is 1. The van der Waals surface area contributed by atoms with Crippen LogP contribution in [0.25, 0.3) is 0 Å². The molecule has 2 atom stereocenters. The van der Waals surface area contributed by atoms with E-state index in [1.165, 1.54) is 11.1 Å². The molecule has 1 aliphatic heterocycles. The van der Waals surface area contributed by atoms with Gasteiger partial charge in [-0.3, -0.25) is 4.79 Å². The molecule has 22 heavy (non-hydrogen) atoms. The van der Waals surface area contributed by atoms with Gasteiger partial charge in [0, 0.05) is 31.0 Å². The Morgan fingerprint density at radius 3 is 2.55 bits per heavy atom. The van der Waals surface area contributed by atoms with E-state index in [0.29, 0.717) is 11.9 Å². The lowest BCUT2D eigenvalue weighted by molar-refractivity contribution is -0.136. The van der Waals surface area contributed by atoms with E-state index >= 15 is 0 Å². The first-order valence-corrected chi connectivity index (χ1v) is 8.35. The van der Waals surface area contributed by atoms with Gasteiger partial charge in [0.15, 0.2) is 0 Å². The van der Waals surface area contributed by atoms with Crippen molar-refractivity contribution in [1.29, 1.82) is 0 Å². The molecule has 3 nitrogen and oxygen atoms in total. The molecule has 0 bridgehead atoms. The van der Waals surface area contributed by atoms with Crippen LogP contribution in [0.3, 0.4) is 0 Å². The van der Waals surface area contributed by atoms with Gasteiger partial charge >= 0.3 is 0 Å². The molecule has 3 heteroatoms. The highest BCUT2D eigenvalue weighted by atomic mass is 16.2. The molecule has 1 fully saturated rings. The summed E-state index contributed by atoms with van der Waals surface area (Å²) < 4.78 is 0. The molecule has 0 spiro atoms. The average molecular weight is 302 g/mol. The van der Waals surface area contributed by atoms with Crippen LogP contribution >= 0.6 is 0 Å². The summed E-state index contributed by atoms with van der Waals surface area (Å²) in [5.41, 5.74) is 2.53. The second-order valence-electron chi connectivity index (χ2n) is 7.52. The maximum Gasteiger partial charge on any atom is 0.225 e. The maximum atomic E-state index is 12.7. The van der Waals surface area contributed by atoms with Crippen molar-refractivity contribution in [1.82, 2.24) is 10.2 Å². The van der Waals surface area contributed by atoms with E-state index in [9.17, 15) is 4.79 Å². The van der Waals surface area contributed by atoms with Gasteiger partial charge in [0.25, 0.3) is 0 Å². The van der Waals surface area contributed by atoms with Gasteiger partial charge in [0.05, 0.1) is 0 Å². The molecule has 0 aliphatic carbocycles. The van der Waals surface area contributed by atoms with Gasteiger partial charge in [-0.15, -0.1) is 0 Å². The Bertz CT molecular complexity index is 507. The number of hydrogen-bond donors (Lipinski definition) is 1. The number of piperidine rings is 1. The van der Waals surface area contributed by atoms with Crippen molar-refractivity contribution >= 4 is 5.91 Å². The Labute approximate surface area is 135 Å². The Hall–Kier alpha value is -1.35. The molecular weight excluding hydrogens is 272 g/mol. The third-order valence-electron chi connectivity index (χ3n) is 4.81. The van der Waals surface area contributed by atoms with E-state index in [-0.39, 0.29) is 11.3 Å². The Kier molecular flexibility index (Phi) is 5.28. The number of aryl methyl sites for hydroxylation is 1. The molecule has 2 rings (SSSR count). The van der Waals surface area contributed by atoms with Crippen LogP contribution in [0, 0.1) is 12.8 Å². The third kappa shape index (κ3) is 4.10. The van der Waals surface area contributed by atoms with Crippen molar-refractivity contribution in [3.8, 4) is 0 Å². The summed E-state index contributed by atoms with van der Waals surface area (Å²) in [6, 6.07) is 9.10. The van der Waals surface area contributed by atoms with Gasteiger partial charge in [-0.2, -0.15) is 0 Å². The van der Waals surface area contributed by atoms with Gasteiger partial charge in [-0.05, 0) is 38.8 Å². The summed E-state index contributed by atoms with van der Waals surface area (Å²) in [5.74, 6) is 0.476. The summed E-state index contributed by atoms with van der Waals surface area (Å²) >= 11 is 0. The van der Waals surface area contributed by atoms with Crippen LogP contribution in [0.2, 0.25) is 0 Å². The second-order valence-corrected chi connectivity index (χ2v) is 7.52. The summed E-state index contributed by atoms with van der Waals surface area (Å²) in [6.07, 6.45) is 1.91. The van der Waals surface area contributed by atoms with Gasteiger partial charge in [0.1, 0.15) is 0 Å². The monoisotopic (exact) mass is 302 g/mol. The van der Waals surface area contributed by atoms with Gasteiger partial charge in [-0.25, -0.2) is 0 Å². The number of hydrogen-bond acceptors (Lipinski definition) is 2. The lowest BCUT2D eigenvalue weighted by Crippen LogP contribution is -2.46. The molecule has 1 aromatic rings. The third-order valence-corrected chi connectivity index (χ3v) is 4.81. The molecule has 0 aromatic heterocycles. The fraction of sp³-hybridized carbons (Fsp3) is 0.632. The first-order chi connectivity index (χ1) is 10.3. The van der Waals surface area contributed by atoms with E-state index < -0.39 is 0 Å². The molecule has 1 amide bonds. The van der Waals surface area contributed by atoms with Crippen molar-refractivity contribution in [3.05, 3.63) is 35.4 Å². The molecule has 1 aliphatic rings. The molecule has 1 aromatic carbocycles. The lowest BCUT2D eigenvalue weighted by Gasteiger charge is -2.35. The van der Waals surface area contributed by atoms with Crippen LogP contribution in [-0.2, 0) is 10.2 Å². The standard InChI is InChI=1S/C19H30N2O/c1-14-6-8-17(9-7-14)19(3,4)13-21(5)18(22)16-10-11-20-15(2)12-16/h6-9,15-16,20H,10-13H2,1-5H3/t15-,16-/m0/s1. The van der Waals surface area contributed by atoms with Gasteiger partial charge in [-0.1, -0.05) is 43.7 Å². The van der Waals surface area contributed by atoms with Crippen molar-refractivity contribution in [2.45, 2.75) is 52.0 Å². The SMILES string of the molecule is Cc1ccc(C(C)(C)CN(C)C(=O)[C@H]2CCN[C@@H](C)C2)cc1. The predicted molar refractivity (Wildman–Crippen MR) is 92.0 cm³/mol. The fourth-order valence-corrected chi connectivity index (χ4v) is 3.43. The fourth-order valence-electron chi connectivity index (χ4n) is 3.43. The van der Waals surface area contributed by atoms with E-state index in [1.54, 1.807) is 0 Å². The summed E-state index contributed by atoms with van der Waals surface area (Å²) in [7, 11) is 1.95. The van der Waals surface area contributed by atoms with Crippen LogP contribution in [-0.4, -0.2) is 37.0 Å². The van der Waals surface area contributed by atoms with Crippen LogP contribution in [0.1, 0.15) is 44.7 Å². The summed E-state index contributed by atoms with van der Waals surface area (Å²) in [6.45, 7) is 10.4. The van der Waals surface area contributed by atoms with Crippen LogP contribution in [0.5, 0.6) is 0 Å². The molecule has 0 unspecified atom stereocenters. The van der Waals surface area contributed by atoms with Crippen molar-refractivity contribution < 1.29 is 4.79 Å². The largest absolute Gasteiger partial charge is 0.345 e. The lowest BCUT2D eigenvalue weighted by atomic mass is 9.83. The highest BCUT2D eigenvalue weighted by molar-refractivity contribution is 5.78. The predicted octanol–water partition coefficient (Wildman–Crippen LogP) is 3.12. The topological polar surface area (TPSA) is 32.3 Å². The van der Waals surface area contributed by atoms with Crippen LogP contribution in [0.15, 0.2) is 24.3 Å². The highest BCUT2D eigenvalue weighted by Gasteiger charge is 2.30. The van der Waals surface area contributed by atoms with E-state index in [4.69, 9.17) is 0 Å². The quantitative estimate of drug-likeness (QED) is 0.927. The first-order valence-electron chi connectivity index (χ1n) is 8.35. The highest BCUT2D eigenvalue weighted by Crippen LogP contribution is 2.26. The van der Waals surface area contributed by atoms with Crippen molar-refractivity contribution in [2.24, 2.45) is 5.92 Å². The van der Waals surface area contributed by atoms with E-state index in [0.717, 1.165) is 25.9 Å². The van der Waals surface area contributed by atoms with Gasteiger partial charge in [0.2, 0.25) is 5.91 Å². The molecule has 1 heterocycles. The second kappa shape index (κ2) is 6.82. The van der Waals surface area contributed by atoms with Gasteiger partial charge < -0.3 is 10.2 Å². The Balaban J connectivity index is 2.01. The molecule has 1 saturated heterocycles. The minimum atomic E-state index is -0.0311. The number of benzene rings is 1. The van der Waals surface area contributed by atoms with Crippen LogP contribution in [0.4, 0.5) is 0 Å². The van der Waals surface area contributed by atoms with E-state index in [1.807, 2.05) is 11.9 Å². The number of likely N-dealkylation sites (N-methyl/N-ethyl adjacent to an activating group) is 1. The zero-order valence-corrected chi connectivity index (χ0v) is 14.6. The number of nitrogens with zero attached hydrogens (tertiary/aromatic N) is 1. The molecule has 1 N–H and O–H groups in total. The first kappa shape index (κ1) is 17.0. The zero-order chi connectivity index (χ0) is 16.3. The molecular formula is C19H30N2O. The van der Waals surface area contributed by atoms with Crippen LogP contribution < -0.4 is 5.32 Å². The smallest absolute Gasteiger partial charge is 0.225 e. The van der Waals surface area contributed by atoms with Crippen molar-refractivity contribution in [2.75, 3.05) is 20.1 Å². The summed E-state index contributed by atoms with van der Waals surface area (Å²) in [5, 5.41) is 3.41. The number of rotatable bonds is 4. The molecule has 122 valence electrons. The number of carbonyl (C=O) groups excluding carboxylic acids is 1. The zero-order valence-electron chi connectivity index (χ0n) is 14.6.